The molecule has 106 valence electrons. The summed E-state index contributed by atoms with van der Waals surface area (Å²) in [5.41, 5.74) is 1.73. The molecule has 0 radical (unpaired) electrons. The van der Waals surface area contributed by atoms with Crippen LogP contribution in [0, 0.1) is 6.92 Å². The number of carbonyl (C=O) groups excluding carboxylic acids is 2. The number of amides is 2. The predicted octanol–water partition coefficient (Wildman–Crippen LogP) is 0.696. The topological polar surface area (TPSA) is 41.8 Å². The van der Waals surface area contributed by atoms with Gasteiger partial charge >= 0.3 is 0 Å². The summed E-state index contributed by atoms with van der Waals surface area (Å²) in [6.45, 7) is 3.98. The van der Waals surface area contributed by atoms with Gasteiger partial charge in [0.2, 0.25) is 5.91 Å². The summed E-state index contributed by atoms with van der Waals surface area (Å²) in [6.07, 6.45) is 3.94. The molecule has 4 nitrogen and oxygen atoms in total. The smallest absolute Gasteiger partial charge is 0.292 e. The van der Waals surface area contributed by atoms with E-state index in [-0.39, 0.29) is 17.9 Å². The maximum Gasteiger partial charge on any atom is 0.292 e. The lowest BCUT2D eigenvalue weighted by Gasteiger charge is -2.27. The molecule has 2 aliphatic rings. The molecule has 0 unspecified atom stereocenters. The molecule has 0 bridgehead atoms. The lowest BCUT2D eigenvalue weighted by Crippen LogP contribution is -3.17. The van der Waals surface area contributed by atoms with Crippen LogP contribution in [0.2, 0.25) is 0 Å². The van der Waals surface area contributed by atoms with Gasteiger partial charge in [0.15, 0.2) is 6.04 Å². The molecule has 2 heterocycles. The average molecular weight is 273 g/mol. The summed E-state index contributed by atoms with van der Waals surface area (Å²) in [5.74, 6) is -0.0615. The maximum absolute atomic E-state index is 12.7. The van der Waals surface area contributed by atoms with Crippen molar-refractivity contribution in [3.8, 4) is 0 Å². The minimum Gasteiger partial charge on any atom is -0.324 e. The Morgan fingerprint density at radius 2 is 1.80 bits per heavy atom. The van der Waals surface area contributed by atoms with Gasteiger partial charge in [-0.3, -0.25) is 9.59 Å². The molecule has 1 aromatic carbocycles. The highest BCUT2D eigenvalue weighted by Crippen LogP contribution is 2.25. The third kappa shape index (κ3) is 2.24. The van der Waals surface area contributed by atoms with Crippen molar-refractivity contribution >= 4 is 17.5 Å². The molecule has 4 heteroatoms. The van der Waals surface area contributed by atoms with Crippen LogP contribution in [0.1, 0.15) is 31.2 Å². The number of quaternary nitrogens is 1. The highest BCUT2D eigenvalue weighted by molar-refractivity contribution is 6.22. The van der Waals surface area contributed by atoms with E-state index in [9.17, 15) is 9.59 Å². The van der Waals surface area contributed by atoms with Crippen LogP contribution < -0.4 is 9.80 Å². The Balaban J connectivity index is 1.85. The van der Waals surface area contributed by atoms with E-state index in [1.807, 2.05) is 31.2 Å². The van der Waals surface area contributed by atoms with Gasteiger partial charge in [-0.2, -0.15) is 0 Å². The first-order valence-electron chi connectivity index (χ1n) is 7.45. The van der Waals surface area contributed by atoms with Gasteiger partial charge in [0.05, 0.1) is 25.2 Å². The summed E-state index contributed by atoms with van der Waals surface area (Å²) >= 11 is 0. The largest absolute Gasteiger partial charge is 0.324 e. The number of hydrogen-bond acceptors (Lipinski definition) is 2. The molecule has 1 atom stereocenters. The van der Waals surface area contributed by atoms with Crippen LogP contribution in [-0.2, 0) is 9.59 Å². The fourth-order valence-electron chi connectivity index (χ4n) is 3.37. The molecule has 0 aromatic heterocycles. The number of hydrogen-bond donors (Lipinski definition) is 1. The van der Waals surface area contributed by atoms with Gasteiger partial charge in [0.1, 0.15) is 0 Å². The van der Waals surface area contributed by atoms with E-state index in [1.54, 1.807) is 0 Å². The molecule has 2 amide bonds. The zero-order valence-corrected chi connectivity index (χ0v) is 11.9. The molecular weight excluding hydrogens is 252 g/mol. The number of para-hydroxylation sites is 1. The summed E-state index contributed by atoms with van der Waals surface area (Å²) in [5, 5.41) is 0. The summed E-state index contributed by atoms with van der Waals surface area (Å²) in [4.78, 5) is 27.6. The van der Waals surface area contributed by atoms with E-state index in [0.29, 0.717) is 6.42 Å². The summed E-state index contributed by atoms with van der Waals surface area (Å²) in [7, 11) is 0. The second-order valence-electron chi connectivity index (χ2n) is 5.83. The van der Waals surface area contributed by atoms with Crippen LogP contribution in [0.4, 0.5) is 5.69 Å². The van der Waals surface area contributed by atoms with Crippen molar-refractivity contribution in [3.63, 3.8) is 0 Å². The lowest BCUT2D eigenvalue weighted by atomic mass is 10.1. The number of nitrogens with zero attached hydrogens (tertiary/aromatic N) is 1. The second-order valence-corrected chi connectivity index (χ2v) is 5.83. The zero-order chi connectivity index (χ0) is 14.1. The maximum atomic E-state index is 12.7. The molecular formula is C16H21N2O2+. The zero-order valence-electron chi connectivity index (χ0n) is 11.9. The first kappa shape index (κ1) is 13.3. The van der Waals surface area contributed by atoms with E-state index in [1.165, 1.54) is 16.2 Å². The molecule has 20 heavy (non-hydrogen) atoms. The Kier molecular flexibility index (Phi) is 3.57. The summed E-state index contributed by atoms with van der Waals surface area (Å²) < 4.78 is 0. The number of nitrogens with one attached hydrogen (secondary N) is 1. The highest BCUT2D eigenvalue weighted by Gasteiger charge is 2.46. The average Bonchev–Trinajstić information content (AvgIpc) is 2.76. The Morgan fingerprint density at radius 1 is 1.10 bits per heavy atom. The predicted molar refractivity (Wildman–Crippen MR) is 76.6 cm³/mol. The minimum absolute atomic E-state index is 0.0128. The van der Waals surface area contributed by atoms with Crippen LogP contribution in [0.15, 0.2) is 24.3 Å². The van der Waals surface area contributed by atoms with Crippen molar-refractivity contribution in [1.29, 1.82) is 0 Å². The van der Waals surface area contributed by atoms with Gasteiger partial charge in [-0.05, 0) is 37.8 Å². The Hall–Kier alpha value is -1.68. The SMILES string of the molecule is Cc1ccccc1N1C(=O)C[C@H]([NH+]2CCCCC2)C1=O. The number of piperidine rings is 1. The first-order valence-corrected chi connectivity index (χ1v) is 7.45. The van der Waals surface area contributed by atoms with Gasteiger partial charge in [-0.1, -0.05) is 18.2 Å². The van der Waals surface area contributed by atoms with Gasteiger partial charge in [-0.15, -0.1) is 0 Å². The third-order valence-corrected chi connectivity index (χ3v) is 4.49. The van der Waals surface area contributed by atoms with Crippen molar-refractivity contribution < 1.29 is 14.5 Å². The van der Waals surface area contributed by atoms with Crippen molar-refractivity contribution in [2.24, 2.45) is 0 Å². The molecule has 2 aliphatic heterocycles. The van der Waals surface area contributed by atoms with Gasteiger partial charge in [-0.25, -0.2) is 4.90 Å². The van der Waals surface area contributed by atoms with E-state index in [4.69, 9.17) is 0 Å². The van der Waals surface area contributed by atoms with E-state index >= 15 is 0 Å². The fraction of sp³-hybridized carbons (Fsp3) is 0.500. The molecule has 0 aliphatic carbocycles. The van der Waals surface area contributed by atoms with Crippen LogP contribution in [-0.4, -0.2) is 30.9 Å². The Bertz CT molecular complexity index is 535. The molecule has 2 fully saturated rings. The van der Waals surface area contributed by atoms with Crippen molar-refractivity contribution in [1.82, 2.24) is 0 Å². The molecule has 0 spiro atoms. The Labute approximate surface area is 119 Å². The number of benzene rings is 1. The molecule has 1 N–H and O–H groups in total. The third-order valence-electron chi connectivity index (χ3n) is 4.49. The normalized spacial score (nSPS) is 24.4. The summed E-state index contributed by atoms with van der Waals surface area (Å²) in [6, 6.07) is 7.44. The Morgan fingerprint density at radius 3 is 2.50 bits per heavy atom. The number of anilines is 1. The van der Waals surface area contributed by atoms with Crippen LogP contribution in [0.3, 0.4) is 0 Å². The number of aryl methyl sites for hydroxylation is 1. The first-order chi connectivity index (χ1) is 9.68. The molecule has 2 saturated heterocycles. The quantitative estimate of drug-likeness (QED) is 0.806. The van der Waals surface area contributed by atoms with Crippen molar-refractivity contribution in [2.75, 3.05) is 18.0 Å². The minimum atomic E-state index is -0.164. The van der Waals surface area contributed by atoms with Crippen molar-refractivity contribution in [3.05, 3.63) is 29.8 Å². The number of rotatable bonds is 2. The van der Waals surface area contributed by atoms with Crippen molar-refractivity contribution in [2.45, 2.75) is 38.6 Å². The number of imide groups is 1. The molecule has 0 saturated carbocycles. The molecule has 1 aromatic rings. The van der Waals surface area contributed by atoms with E-state index in [0.717, 1.165) is 37.2 Å². The van der Waals surface area contributed by atoms with Gasteiger partial charge in [0.25, 0.3) is 5.91 Å². The second kappa shape index (κ2) is 5.37. The number of likely N-dealkylation sites (tertiary alicyclic amines) is 1. The van der Waals surface area contributed by atoms with Crippen LogP contribution >= 0.6 is 0 Å². The van der Waals surface area contributed by atoms with E-state index in [2.05, 4.69) is 0 Å². The number of carbonyl (C=O) groups is 2. The molecule has 3 rings (SSSR count). The van der Waals surface area contributed by atoms with Crippen LogP contribution in [0.5, 0.6) is 0 Å². The van der Waals surface area contributed by atoms with Gasteiger partial charge < -0.3 is 4.90 Å². The van der Waals surface area contributed by atoms with E-state index < -0.39 is 0 Å². The fourth-order valence-corrected chi connectivity index (χ4v) is 3.37. The monoisotopic (exact) mass is 273 g/mol. The van der Waals surface area contributed by atoms with Gasteiger partial charge in [0, 0.05) is 0 Å². The highest BCUT2D eigenvalue weighted by atomic mass is 16.2. The lowest BCUT2D eigenvalue weighted by molar-refractivity contribution is -0.919. The standard InChI is InChI=1S/C16H20N2O2/c1-12-7-3-4-8-13(12)18-15(19)11-14(16(18)20)17-9-5-2-6-10-17/h3-4,7-8,14H,2,5-6,9-11H2,1H3/p+1/t14-/m0/s1. The van der Waals surface area contributed by atoms with Crippen LogP contribution in [0.25, 0.3) is 0 Å².